The van der Waals surface area contributed by atoms with Gasteiger partial charge in [0, 0.05) is 5.69 Å². The molecular formula is C15H14F3NO. The van der Waals surface area contributed by atoms with E-state index in [1.165, 1.54) is 12.1 Å². The van der Waals surface area contributed by atoms with Crippen LogP contribution in [-0.2, 0) is 12.6 Å². The number of hydrogen-bond donors (Lipinski definition) is 1. The van der Waals surface area contributed by atoms with Gasteiger partial charge >= 0.3 is 6.18 Å². The predicted octanol–water partition coefficient (Wildman–Crippen LogP) is 4.64. The molecule has 0 bridgehead atoms. The second-order valence-corrected chi connectivity index (χ2v) is 4.31. The quantitative estimate of drug-likeness (QED) is 0.832. The number of alkyl halides is 3. The van der Waals surface area contributed by atoms with E-state index in [1.54, 1.807) is 12.1 Å². The largest absolute Gasteiger partial charge is 0.457 e. The third-order valence-corrected chi connectivity index (χ3v) is 2.91. The number of aryl methyl sites for hydroxylation is 1. The highest BCUT2D eigenvalue weighted by Crippen LogP contribution is 2.37. The van der Waals surface area contributed by atoms with Crippen molar-refractivity contribution in [3.05, 3.63) is 53.6 Å². The van der Waals surface area contributed by atoms with E-state index >= 15 is 0 Å². The third kappa shape index (κ3) is 3.04. The van der Waals surface area contributed by atoms with Crippen molar-refractivity contribution in [1.82, 2.24) is 0 Å². The first-order chi connectivity index (χ1) is 9.41. The Hall–Kier alpha value is -2.17. The van der Waals surface area contributed by atoms with E-state index in [1.807, 2.05) is 19.1 Å². The van der Waals surface area contributed by atoms with Crippen LogP contribution in [0.25, 0.3) is 0 Å². The van der Waals surface area contributed by atoms with Gasteiger partial charge in [-0.15, -0.1) is 0 Å². The summed E-state index contributed by atoms with van der Waals surface area (Å²) in [6.07, 6.45) is -3.76. The van der Waals surface area contributed by atoms with Gasteiger partial charge in [0.1, 0.15) is 11.5 Å². The fraction of sp³-hybridized carbons (Fsp3) is 0.200. The number of anilines is 1. The lowest BCUT2D eigenvalue weighted by atomic mass is 10.1. The van der Waals surface area contributed by atoms with Gasteiger partial charge < -0.3 is 10.5 Å². The van der Waals surface area contributed by atoms with Gasteiger partial charge in [0.15, 0.2) is 0 Å². The van der Waals surface area contributed by atoms with E-state index in [-0.39, 0.29) is 11.4 Å². The highest BCUT2D eigenvalue weighted by Gasteiger charge is 2.33. The molecule has 2 aromatic rings. The lowest BCUT2D eigenvalue weighted by molar-refractivity contribution is -0.137. The summed E-state index contributed by atoms with van der Waals surface area (Å²) in [5, 5.41) is 0. The van der Waals surface area contributed by atoms with Crippen molar-refractivity contribution in [3.63, 3.8) is 0 Å². The number of rotatable bonds is 3. The monoisotopic (exact) mass is 281 g/mol. The summed E-state index contributed by atoms with van der Waals surface area (Å²) >= 11 is 0. The summed E-state index contributed by atoms with van der Waals surface area (Å²) in [5.41, 5.74) is 5.08. The molecule has 0 saturated heterocycles. The average Bonchev–Trinajstić information content (AvgIpc) is 2.40. The van der Waals surface area contributed by atoms with Crippen molar-refractivity contribution in [2.24, 2.45) is 0 Å². The molecule has 2 aromatic carbocycles. The molecule has 0 radical (unpaired) electrons. The summed E-state index contributed by atoms with van der Waals surface area (Å²) < 4.78 is 43.9. The maximum atomic E-state index is 12.8. The molecule has 0 spiro atoms. The Kier molecular flexibility index (Phi) is 3.88. The number of ether oxygens (including phenoxy) is 1. The minimum atomic E-state index is -4.49. The van der Waals surface area contributed by atoms with Crippen LogP contribution in [0, 0.1) is 0 Å². The SMILES string of the molecule is CCc1ccccc1Oc1ccc(N)c(C(F)(F)F)c1. The van der Waals surface area contributed by atoms with Gasteiger partial charge in [0.05, 0.1) is 5.56 Å². The van der Waals surface area contributed by atoms with Gasteiger partial charge in [-0.25, -0.2) is 0 Å². The smallest absolute Gasteiger partial charge is 0.418 e. The molecule has 0 atom stereocenters. The van der Waals surface area contributed by atoms with Crippen molar-refractivity contribution in [1.29, 1.82) is 0 Å². The van der Waals surface area contributed by atoms with E-state index in [4.69, 9.17) is 10.5 Å². The van der Waals surface area contributed by atoms with Crippen LogP contribution in [0.1, 0.15) is 18.1 Å². The number of para-hydroxylation sites is 1. The van der Waals surface area contributed by atoms with Crippen LogP contribution in [0.3, 0.4) is 0 Å². The van der Waals surface area contributed by atoms with Crippen LogP contribution < -0.4 is 10.5 Å². The van der Waals surface area contributed by atoms with Crippen LogP contribution in [0.2, 0.25) is 0 Å². The van der Waals surface area contributed by atoms with Gasteiger partial charge in [-0.05, 0) is 36.2 Å². The Bertz CT molecular complexity index is 608. The molecule has 2 N–H and O–H groups in total. The zero-order valence-electron chi connectivity index (χ0n) is 10.9. The van der Waals surface area contributed by atoms with E-state index in [9.17, 15) is 13.2 Å². The second kappa shape index (κ2) is 5.45. The van der Waals surface area contributed by atoms with Crippen LogP contribution >= 0.6 is 0 Å². The number of benzene rings is 2. The molecule has 106 valence electrons. The summed E-state index contributed by atoms with van der Waals surface area (Å²) in [5.74, 6) is 0.667. The summed E-state index contributed by atoms with van der Waals surface area (Å²) in [7, 11) is 0. The molecule has 0 unspecified atom stereocenters. The topological polar surface area (TPSA) is 35.2 Å². The molecule has 2 rings (SSSR count). The van der Waals surface area contributed by atoms with E-state index < -0.39 is 11.7 Å². The molecule has 0 amide bonds. The minimum absolute atomic E-state index is 0.118. The predicted molar refractivity (Wildman–Crippen MR) is 71.8 cm³/mol. The molecule has 5 heteroatoms. The van der Waals surface area contributed by atoms with Crippen molar-refractivity contribution in [2.75, 3.05) is 5.73 Å². The van der Waals surface area contributed by atoms with Crippen molar-refractivity contribution < 1.29 is 17.9 Å². The molecule has 0 heterocycles. The Balaban J connectivity index is 2.35. The van der Waals surface area contributed by atoms with Gasteiger partial charge in [-0.2, -0.15) is 13.2 Å². The summed E-state index contributed by atoms with van der Waals surface area (Å²) in [6, 6.07) is 10.8. The Labute approximate surface area is 115 Å². The fourth-order valence-corrected chi connectivity index (χ4v) is 1.87. The van der Waals surface area contributed by atoms with Crippen molar-refractivity contribution in [2.45, 2.75) is 19.5 Å². The van der Waals surface area contributed by atoms with Crippen LogP contribution in [0.4, 0.5) is 18.9 Å². The first-order valence-corrected chi connectivity index (χ1v) is 6.14. The summed E-state index contributed by atoms with van der Waals surface area (Å²) in [4.78, 5) is 0. The molecule has 0 saturated carbocycles. The van der Waals surface area contributed by atoms with Crippen LogP contribution in [-0.4, -0.2) is 0 Å². The zero-order chi connectivity index (χ0) is 14.8. The fourth-order valence-electron chi connectivity index (χ4n) is 1.87. The maximum Gasteiger partial charge on any atom is 0.418 e. The normalized spacial score (nSPS) is 11.4. The Morgan fingerprint density at radius 3 is 2.45 bits per heavy atom. The van der Waals surface area contributed by atoms with Gasteiger partial charge in [-0.3, -0.25) is 0 Å². The molecule has 20 heavy (non-hydrogen) atoms. The van der Waals surface area contributed by atoms with E-state index in [2.05, 4.69) is 0 Å². The van der Waals surface area contributed by atoms with Crippen LogP contribution in [0.5, 0.6) is 11.5 Å². The number of nitrogens with two attached hydrogens (primary N) is 1. The first kappa shape index (κ1) is 14.2. The molecule has 0 fully saturated rings. The second-order valence-electron chi connectivity index (χ2n) is 4.31. The first-order valence-electron chi connectivity index (χ1n) is 6.14. The number of nitrogen functional groups attached to an aromatic ring is 1. The molecule has 0 aromatic heterocycles. The van der Waals surface area contributed by atoms with Crippen molar-refractivity contribution in [3.8, 4) is 11.5 Å². The molecule has 0 aliphatic heterocycles. The molecule has 0 aliphatic rings. The van der Waals surface area contributed by atoms with Gasteiger partial charge in [0.25, 0.3) is 0 Å². The molecule has 2 nitrogen and oxygen atoms in total. The minimum Gasteiger partial charge on any atom is -0.457 e. The maximum absolute atomic E-state index is 12.8. The third-order valence-electron chi connectivity index (χ3n) is 2.91. The highest BCUT2D eigenvalue weighted by molar-refractivity contribution is 5.53. The van der Waals surface area contributed by atoms with Gasteiger partial charge in [-0.1, -0.05) is 25.1 Å². The number of halogens is 3. The van der Waals surface area contributed by atoms with Crippen molar-refractivity contribution >= 4 is 5.69 Å². The Morgan fingerprint density at radius 2 is 1.80 bits per heavy atom. The van der Waals surface area contributed by atoms with E-state index in [0.717, 1.165) is 18.1 Å². The molecule has 0 aliphatic carbocycles. The van der Waals surface area contributed by atoms with E-state index in [0.29, 0.717) is 5.75 Å². The Morgan fingerprint density at radius 1 is 1.10 bits per heavy atom. The molecular weight excluding hydrogens is 267 g/mol. The number of hydrogen-bond acceptors (Lipinski definition) is 2. The zero-order valence-corrected chi connectivity index (χ0v) is 10.9. The lowest BCUT2D eigenvalue weighted by Gasteiger charge is -2.14. The summed E-state index contributed by atoms with van der Waals surface area (Å²) in [6.45, 7) is 1.95. The standard InChI is InChI=1S/C15H14F3NO/c1-2-10-5-3-4-6-14(10)20-11-7-8-13(19)12(9-11)15(16,17)18/h3-9H,2,19H2,1H3. The average molecular weight is 281 g/mol. The lowest BCUT2D eigenvalue weighted by Crippen LogP contribution is -2.08. The van der Waals surface area contributed by atoms with Crippen LogP contribution in [0.15, 0.2) is 42.5 Å². The highest BCUT2D eigenvalue weighted by atomic mass is 19.4. The van der Waals surface area contributed by atoms with Gasteiger partial charge in [0.2, 0.25) is 0 Å².